The number of hydrogen-bond donors (Lipinski definition) is 0. The van der Waals surface area contributed by atoms with E-state index < -0.39 is 0 Å². The van der Waals surface area contributed by atoms with Gasteiger partial charge in [-0.1, -0.05) is 30.3 Å². The number of nitrogens with zero attached hydrogens (tertiary/aromatic N) is 1. The lowest BCUT2D eigenvalue weighted by Gasteiger charge is -2.10. The third-order valence-electron chi connectivity index (χ3n) is 3.16. The van der Waals surface area contributed by atoms with Crippen LogP contribution in [0.3, 0.4) is 0 Å². The average molecular weight is 225 g/mol. The van der Waals surface area contributed by atoms with E-state index in [1.165, 1.54) is 5.56 Å². The Bertz CT molecular complexity index is 489. The quantitative estimate of drug-likeness (QED) is 0.779. The molecule has 3 rings (SSSR count). The summed E-state index contributed by atoms with van der Waals surface area (Å²) in [5.74, 6) is 0. The van der Waals surface area contributed by atoms with Gasteiger partial charge in [-0.15, -0.1) is 0 Å². The molecule has 1 atom stereocenters. The summed E-state index contributed by atoms with van der Waals surface area (Å²) in [4.78, 5) is 4.43. The van der Waals surface area contributed by atoms with Crippen LogP contribution in [-0.2, 0) is 4.74 Å². The summed E-state index contributed by atoms with van der Waals surface area (Å²) in [6.07, 6.45) is 4.42. The van der Waals surface area contributed by atoms with Crippen LogP contribution in [0.2, 0.25) is 0 Å². The minimum Gasteiger partial charge on any atom is -0.374 e. The van der Waals surface area contributed by atoms with Gasteiger partial charge in [-0.25, -0.2) is 0 Å². The van der Waals surface area contributed by atoms with Gasteiger partial charge in [0.2, 0.25) is 0 Å². The Morgan fingerprint density at radius 2 is 2.00 bits per heavy atom. The van der Waals surface area contributed by atoms with Crippen LogP contribution in [0.15, 0.2) is 48.7 Å². The highest BCUT2D eigenvalue weighted by Crippen LogP contribution is 2.30. The molecule has 2 nitrogen and oxygen atoms in total. The number of ether oxygens (including phenoxy) is 1. The van der Waals surface area contributed by atoms with Crippen LogP contribution in [0.1, 0.15) is 24.5 Å². The molecule has 0 saturated carbocycles. The van der Waals surface area contributed by atoms with Gasteiger partial charge < -0.3 is 4.74 Å². The molecule has 0 spiro atoms. The van der Waals surface area contributed by atoms with E-state index in [1.54, 1.807) is 0 Å². The maximum Gasteiger partial charge on any atom is 0.0827 e. The first-order valence-corrected chi connectivity index (χ1v) is 6.06. The summed E-state index contributed by atoms with van der Waals surface area (Å²) >= 11 is 0. The van der Waals surface area contributed by atoms with Crippen molar-refractivity contribution in [3.8, 4) is 11.3 Å². The van der Waals surface area contributed by atoms with Crippen LogP contribution in [-0.4, -0.2) is 11.6 Å². The second kappa shape index (κ2) is 4.68. The van der Waals surface area contributed by atoms with Crippen LogP contribution in [0.5, 0.6) is 0 Å². The topological polar surface area (TPSA) is 22.1 Å². The standard InChI is InChI=1S/C15H15NO/c1-2-5-12(6-3-1)14-11-13(8-9-16-14)15-7-4-10-17-15/h1-3,5-6,8-9,11,15H,4,7,10H2. The van der Waals surface area contributed by atoms with Gasteiger partial charge in [0.05, 0.1) is 11.8 Å². The molecule has 1 fully saturated rings. The molecule has 2 heterocycles. The van der Waals surface area contributed by atoms with Gasteiger partial charge in [0.15, 0.2) is 0 Å². The summed E-state index contributed by atoms with van der Waals surface area (Å²) < 4.78 is 5.70. The fourth-order valence-electron chi connectivity index (χ4n) is 2.25. The molecule has 0 N–H and O–H groups in total. The molecule has 17 heavy (non-hydrogen) atoms. The lowest BCUT2D eigenvalue weighted by molar-refractivity contribution is 0.112. The molecule has 86 valence electrons. The monoisotopic (exact) mass is 225 g/mol. The first-order chi connectivity index (χ1) is 8.43. The van der Waals surface area contributed by atoms with E-state index in [2.05, 4.69) is 29.2 Å². The first-order valence-electron chi connectivity index (χ1n) is 6.06. The van der Waals surface area contributed by atoms with E-state index in [1.807, 2.05) is 24.4 Å². The molecule has 1 saturated heterocycles. The molecule has 1 aliphatic rings. The van der Waals surface area contributed by atoms with Crippen molar-refractivity contribution in [1.29, 1.82) is 0 Å². The molecule has 2 aromatic rings. The molecule has 0 radical (unpaired) electrons. The van der Waals surface area contributed by atoms with Gasteiger partial charge >= 0.3 is 0 Å². The van der Waals surface area contributed by atoms with Gasteiger partial charge in [-0.2, -0.15) is 0 Å². The second-order valence-electron chi connectivity index (χ2n) is 4.34. The van der Waals surface area contributed by atoms with Crippen LogP contribution in [0.4, 0.5) is 0 Å². The molecule has 2 heteroatoms. The molecule has 0 aliphatic carbocycles. The third-order valence-corrected chi connectivity index (χ3v) is 3.16. The van der Waals surface area contributed by atoms with Crippen LogP contribution < -0.4 is 0 Å². The molecular weight excluding hydrogens is 210 g/mol. The van der Waals surface area contributed by atoms with Crippen LogP contribution in [0.25, 0.3) is 11.3 Å². The Balaban J connectivity index is 1.94. The maximum absolute atomic E-state index is 5.70. The van der Waals surface area contributed by atoms with E-state index in [0.717, 1.165) is 30.7 Å². The average Bonchev–Trinajstić information content (AvgIpc) is 2.94. The van der Waals surface area contributed by atoms with Gasteiger partial charge in [-0.3, -0.25) is 4.98 Å². The normalized spacial score (nSPS) is 19.4. The molecular formula is C15H15NO. The minimum absolute atomic E-state index is 0.264. The Morgan fingerprint density at radius 3 is 2.76 bits per heavy atom. The highest BCUT2D eigenvalue weighted by molar-refractivity contribution is 5.59. The van der Waals surface area contributed by atoms with Crippen molar-refractivity contribution >= 4 is 0 Å². The minimum atomic E-state index is 0.264. The number of benzene rings is 1. The van der Waals surface area contributed by atoms with Gasteiger partial charge in [0.1, 0.15) is 0 Å². The van der Waals surface area contributed by atoms with E-state index >= 15 is 0 Å². The van der Waals surface area contributed by atoms with Crippen molar-refractivity contribution in [2.75, 3.05) is 6.61 Å². The molecule has 0 bridgehead atoms. The number of hydrogen-bond acceptors (Lipinski definition) is 2. The van der Waals surface area contributed by atoms with E-state index in [4.69, 9.17) is 4.74 Å². The van der Waals surface area contributed by atoms with Crippen molar-refractivity contribution in [2.45, 2.75) is 18.9 Å². The molecule has 1 unspecified atom stereocenters. The maximum atomic E-state index is 5.70. The van der Waals surface area contributed by atoms with Gasteiger partial charge in [0.25, 0.3) is 0 Å². The molecule has 1 aromatic carbocycles. The third kappa shape index (κ3) is 2.22. The lowest BCUT2D eigenvalue weighted by Crippen LogP contribution is -1.96. The van der Waals surface area contributed by atoms with E-state index in [0.29, 0.717) is 0 Å². The van der Waals surface area contributed by atoms with Crippen molar-refractivity contribution in [3.63, 3.8) is 0 Å². The van der Waals surface area contributed by atoms with Gasteiger partial charge in [-0.05, 0) is 30.5 Å². The number of aromatic nitrogens is 1. The number of pyridine rings is 1. The lowest BCUT2D eigenvalue weighted by atomic mass is 10.0. The second-order valence-corrected chi connectivity index (χ2v) is 4.34. The van der Waals surface area contributed by atoms with E-state index in [9.17, 15) is 0 Å². The Hall–Kier alpha value is -1.67. The Morgan fingerprint density at radius 1 is 1.12 bits per heavy atom. The highest BCUT2D eigenvalue weighted by atomic mass is 16.5. The predicted octanol–water partition coefficient (Wildman–Crippen LogP) is 3.60. The predicted molar refractivity (Wildman–Crippen MR) is 67.6 cm³/mol. The van der Waals surface area contributed by atoms with Crippen LogP contribution in [0, 0.1) is 0 Å². The SMILES string of the molecule is c1ccc(-c2cc(C3CCCO3)ccn2)cc1. The van der Waals surface area contributed by atoms with Crippen molar-refractivity contribution in [1.82, 2.24) is 4.98 Å². The fourth-order valence-corrected chi connectivity index (χ4v) is 2.25. The van der Waals surface area contributed by atoms with Crippen molar-refractivity contribution in [2.24, 2.45) is 0 Å². The molecule has 1 aliphatic heterocycles. The summed E-state index contributed by atoms with van der Waals surface area (Å²) in [6, 6.07) is 14.5. The zero-order chi connectivity index (χ0) is 11.5. The summed E-state index contributed by atoms with van der Waals surface area (Å²) in [7, 11) is 0. The van der Waals surface area contributed by atoms with E-state index in [-0.39, 0.29) is 6.10 Å². The molecule has 1 aromatic heterocycles. The zero-order valence-corrected chi connectivity index (χ0v) is 9.67. The smallest absolute Gasteiger partial charge is 0.0827 e. The Kier molecular flexibility index (Phi) is 2.88. The highest BCUT2D eigenvalue weighted by Gasteiger charge is 2.18. The van der Waals surface area contributed by atoms with Gasteiger partial charge in [0, 0.05) is 18.4 Å². The van der Waals surface area contributed by atoms with Crippen molar-refractivity contribution in [3.05, 3.63) is 54.2 Å². The zero-order valence-electron chi connectivity index (χ0n) is 9.67. The summed E-state index contributed by atoms with van der Waals surface area (Å²) in [5.41, 5.74) is 3.43. The Labute approximate surface area is 101 Å². The van der Waals surface area contributed by atoms with Crippen LogP contribution >= 0.6 is 0 Å². The first kappa shape index (κ1) is 10.5. The van der Waals surface area contributed by atoms with Crippen molar-refractivity contribution < 1.29 is 4.74 Å². The summed E-state index contributed by atoms with van der Waals surface area (Å²) in [5, 5.41) is 0. The largest absolute Gasteiger partial charge is 0.374 e. The molecule has 0 amide bonds. The summed E-state index contributed by atoms with van der Waals surface area (Å²) in [6.45, 7) is 0.883. The number of rotatable bonds is 2. The fraction of sp³-hybridized carbons (Fsp3) is 0.267.